The first-order chi connectivity index (χ1) is 21.6. The van der Waals surface area contributed by atoms with Crippen molar-refractivity contribution in [3.63, 3.8) is 0 Å². The third-order valence-corrected chi connectivity index (χ3v) is 9.82. The molecule has 208 valence electrons. The number of hydrogen-bond acceptors (Lipinski definition) is 1. The third-order valence-electron chi connectivity index (χ3n) is 9.82. The van der Waals surface area contributed by atoms with Crippen LogP contribution in [0, 0.1) is 0 Å². The molecule has 0 unspecified atom stereocenters. The van der Waals surface area contributed by atoms with Crippen LogP contribution in [-0.2, 0) is 5.41 Å². The van der Waals surface area contributed by atoms with Gasteiger partial charge in [0.2, 0.25) is 0 Å². The predicted octanol–water partition coefficient (Wildman–Crippen LogP) is 11.9. The second-order valence-electron chi connectivity index (χ2n) is 12.6. The van der Waals surface area contributed by atoms with Crippen LogP contribution in [0.1, 0.15) is 25.0 Å². The summed E-state index contributed by atoms with van der Waals surface area (Å²) in [5.74, 6) is 0. The summed E-state index contributed by atoms with van der Waals surface area (Å²) in [6, 6.07) is 55.8. The van der Waals surface area contributed by atoms with Crippen molar-refractivity contribution in [1.82, 2.24) is 0 Å². The zero-order valence-corrected chi connectivity index (χ0v) is 24.9. The summed E-state index contributed by atoms with van der Waals surface area (Å²) in [7, 11) is 0. The van der Waals surface area contributed by atoms with Crippen LogP contribution in [0.5, 0.6) is 0 Å². The minimum Gasteiger partial charge on any atom is -0.310 e. The smallest absolute Gasteiger partial charge is 0.0540 e. The van der Waals surface area contributed by atoms with Gasteiger partial charge in [-0.1, -0.05) is 135 Å². The molecule has 2 aliphatic rings. The highest BCUT2D eigenvalue weighted by atomic mass is 15.1. The Balaban J connectivity index is 1.27. The Hall–Kier alpha value is -5.40. The molecule has 0 radical (unpaired) electrons. The van der Waals surface area contributed by atoms with E-state index in [1.165, 1.54) is 77.8 Å². The highest BCUT2D eigenvalue weighted by Crippen LogP contribution is 2.53. The Morgan fingerprint density at radius 2 is 0.977 bits per heavy atom. The minimum atomic E-state index is -0.0750. The van der Waals surface area contributed by atoms with Crippen LogP contribution in [-0.4, -0.2) is 0 Å². The number of nitrogens with zero attached hydrogens (tertiary/aromatic N) is 1. The first-order valence-electron chi connectivity index (χ1n) is 15.5. The molecule has 0 fully saturated rings. The molecule has 1 heteroatoms. The molecule has 0 bridgehead atoms. The highest BCUT2D eigenvalue weighted by Gasteiger charge is 2.36. The van der Waals surface area contributed by atoms with Crippen molar-refractivity contribution in [2.75, 3.05) is 4.90 Å². The van der Waals surface area contributed by atoms with Crippen molar-refractivity contribution in [2.45, 2.75) is 19.3 Å². The quantitative estimate of drug-likeness (QED) is 0.207. The van der Waals surface area contributed by atoms with Crippen LogP contribution in [0.3, 0.4) is 0 Å². The molecule has 2 aliphatic carbocycles. The number of anilines is 3. The highest BCUT2D eigenvalue weighted by molar-refractivity contribution is 6.19. The van der Waals surface area contributed by atoms with Crippen molar-refractivity contribution < 1.29 is 0 Å². The van der Waals surface area contributed by atoms with E-state index in [0.717, 1.165) is 5.69 Å². The summed E-state index contributed by atoms with van der Waals surface area (Å²) in [4.78, 5) is 2.46. The Labute approximate surface area is 258 Å². The van der Waals surface area contributed by atoms with Crippen LogP contribution in [0.2, 0.25) is 0 Å². The first-order valence-corrected chi connectivity index (χ1v) is 15.5. The molecule has 0 N–H and O–H groups in total. The third kappa shape index (κ3) is 3.53. The van der Waals surface area contributed by atoms with Gasteiger partial charge < -0.3 is 4.90 Å². The molecule has 0 saturated carbocycles. The zero-order chi connectivity index (χ0) is 29.4. The first kappa shape index (κ1) is 25.1. The van der Waals surface area contributed by atoms with E-state index in [1.807, 2.05) is 0 Å². The minimum absolute atomic E-state index is 0.0750. The lowest BCUT2D eigenvalue weighted by Gasteiger charge is -2.29. The van der Waals surface area contributed by atoms with Gasteiger partial charge in [-0.25, -0.2) is 0 Å². The molecular formula is C43H31N. The number of rotatable bonds is 4. The average molecular weight is 562 g/mol. The molecule has 0 aliphatic heterocycles. The van der Waals surface area contributed by atoms with Crippen molar-refractivity contribution >= 4 is 27.8 Å². The fourth-order valence-corrected chi connectivity index (χ4v) is 7.68. The van der Waals surface area contributed by atoms with Gasteiger partial charge in [-0.05, 0) is 91.4 Å². The van der Waals surface area contributed by atoms with Gasteiger partial charge in [-0.2, -0.15) is 0 Å². The Bertz CT molecular complexity index is 2210. The summed E-state index contributed by atoms with van der Waals surface area (Å²) in [6.07, 6.45) is 0. The van der Waals surface area contributed by atoms with E-state index < -0.39 is 0 Å². The van der Waals surface area contributed by atoms with Crippen molar-refractivity contribution in [3.05, 3.63) is 163 Å². The van der Waals surface area contributed by atoms with Crippen molar-refractivity contribution in [1.29, 1.82) is 0 Å². The number of fused-ring (bicyclic) bond motifs is 6. The fourth-order valence-electron chi connectivity index (χ4n) is 7.68. The Morgan fingerprint density at radius 1 is 0.409 bits per heavy atom. The predicted molar refractivity (Wildman–Crippen MR) is 186 cm³/mol. The van der Waals surface area contributed by atoms with Crippen molar-refractivity contribution in [3.8, 4) is 44.5 Å². The molecule has 9 rings (SSSR count). The second-order valence-corrected chi connectivity index (χ2v) is 12.6. The fraction of sp³-hybridized carbons (Fsp3) is 0.0698. The molecule has 0 spiro atoms. The lowest BCUT2D eigenvalue weighted by Crippen LogP contribution is -2.16. The molecule has 1 nitrogen and oxygen atoms in total. The van der Waals surface area contributed by atoms with E-state index in [2.05, 4.69) is 170 Å². The lowest BCUT2D eigenvalue weighted by atomic mass is 9.82. The van der Waals surface area contributed by atoms with E-state index in [4.69, 9.17) is 0 Å². The maximum atomic E-state index is 2.46. The van der Waals surface area contributed by atoms with Crippen LogP contribution in [0.4, 0.5) is 17.1 Å². The zero-order valence-electron chi connectivity index (χ0n) is 24.9. The summed E-state index contributed by atoms with van der Waals surface area (Å²) in [5.41, 5.74) is 16.6. The van der Waals surface area contributed by atoms with Gasteiger partial charge in [0, 0.05) is 22.2 Å². The summed E-state index contributed by atoms with van der Waals surface area (Å²) >= 11 is 0. The Kier molecular flexibility index (Phi) is 5.31. The summed E-state index contributed by atoms with van der Waals surface area (Å²) in [6.45, 7) is 4.72. The molecule has 0 amide bonds. The molecule has 0 heterocycles. The average Bonchev–Trinajstić information content (AvgIpc) is 3.52. The Morgan fingerprint density at radius 3 is 1.75 bits per heavy atom. The van der Waals surface area contributed by atoms with Crippen LogP contribution in [0.25, 0.3) is 55.3 Å². The van der Waals surface area contributed by atoms with E-state index in [-0.39, 0.29) is 5.41 Å². The van der Waals surface area contributed by atoms with Crippen molar-refractivity contribution in [2.24, 2.45) is 0 Å². The monoisotopic (exact) mass is 561 g/mol. The molecule has 0 saturated heterocycles. The molecular weight excluding hydrogens is 530 g/mol. The van der Waals surface area contributed by atoms with E-state index in [0.29, 0.717) is 0 Å². The van der Waals surface area contributed by atoms with Gasteiger partial charge in [-0.15, -0.1) is 0 Å². The van der Waals surface area contributed by atoms with E-state index in [1.54, 1.807) is 0 Å². The second kappa shape index (κ2) is 9.30. The van der Waals surface area contributed by atoms with Crippen LogP contribution < -0.4 is 4.90 Å². The standard InChI is InChI=1S/C43H31N/c1-43(2)39-18-9-8-15-34(39)35-24-23-31(27-40(35)43)44(30-21-19-29(20-22-30)28-11-4-3-5-12-28)41-26-25-37-33-14-7-6-13-32(33)36-16-10-17-38(41)42(36)37/h3-27H,1-2H3. The van der Waals surface area contributed by atoms with Crippen LogP contribution >= 0.6 is 0 Å². The normalized spacial score (nSPS) is 13.4. The summed E-state index contributed by atoms with van der Waals surface area (Å²) < 4.78 is 0. The number of hydrogen-bond donors (Lipinski definition) is 0. The van der Waals surface area contributed by atoms with Gasteiger partial charge >= 0.3 is 0 Å². The SMILES string of the molecule is CC1(C)c2ccccc2-c2ccc(N(c3ccc(-c4ccccc4)cc3)c3ccc4c5c(cccc35)-c3ccccc3-4)cc21. The topological polar surface area (TPSA) is 3.24 Å². The van der Waals surface area contributed by atoms with Crippen LogP contribution in [0.15, 0.2) is 152 Å². The van der Waals surface area contributed by atoms with Gasteiger partial charge in [0.25, 0.3) is 0 Å². The van der Waals surface area contributed by atoms with Gasteiger partial charge in [0.15, 0.2) is 0 Å². The number of benzene rings is 7. The van der Waals surface area contributed by atoms with E-state index >= 15 is 0 Å². The van der Waals surface area contributed by atoms with Gasteiger partial charge in [0.05, 0.1) is 5.69 Å². The largest absolute Gasteiger partial charge is 0.310 e. The molecule has 7 aromatic carbocycles. The molecule has 7 aromatic rings. The lowest BCUT2D eigenvalue weighted by molar-refractivity contribution is 0.660. The molecule has 0 aromatic heterocycles. The van der Waals surface area contributed by atoms with E-state index in [9.17, 15) is 0 Å². The summed E-state index contributed by atoms with van der Waals surface area (Å²) in [5, 5.41) is 2.61. The maximum absolute atomic E-state index is 2.46. The van der Waals surface area contributed by atoms with Gasteiger partial charge in [0.1, 0.15) is 0 Å². The molecule has 0 atom stereocenters. The van der Waals surface area contributed by atoms with Gasteiger partial charge in [-0.3, -0.25) is 0 Å². The molecule has 44 heavy (non-hydrogen) atoms. The maximum Gasteiger partial charge on any atom is 0.0540 e.